The van der Waals surface area contributed by atoms with Gasteiger partial charge in [-0.3, -0.25) is 14.9 Å². The van der Waals surface area contributed by atoms with Crippen LogP contribution in [0.4, 0.5) is 18.9 Å². The average Bonchev–Trinajstić information content (AvgIpc) is 2.88. The SMILES string of the molecule is CCOc1cc(/C=C(\C#N)C(=O)NCc2ccccc2)cc(Cl)c1Oc1ccc(C(F)(F)F)cc1[N+](=O)[O-]. The largest absolute Gasteiger partial charge is 0.490 e. The predicted octanol–water partition coefficient (Wildman–Crippen LogP) is 6.68. The standard InChI is InChI=1S/C26H19ClF3N3O5/c1-2-37-23-12-17(10-18(14-31)25(34)32-15-16-6-4-3-5-7-16)11-20(27)24(23)38-22-9-8-19(26(28,29)30)13-21(22)33(35)36/h3-13H,2,15H2,1H3,(H,32,34)/b18-10+. The third-order valence-corrected chi connectivity index (χ3v) is 5.28. The zero-order valence-corrected chi connectivity index (χ0v) is 20.5. The van der Waals surface area contributed by atoms with Crippen molar-refractivity contribution in [2.45, 2.75) is 19.6 Å². The molecule has 8 nitrogen and oxygen atoms in total. The van der Waals surface area contributed by atoms with Crippen LogP contribution in [0.1, 0.15) is 23.6 Å². The molecule has 0 aromatic heterocycles. The molecule has 1 amide bonds. The Labute approximate surface area is 220 Å². The van der Waals surface area contributed by atoms with Crippen LogP contribution in [0.5, 0.6) is 17.2 Å². The van der Waals surface area contributed by atoms with Gasteiger partial charge in [0.2, 0.25) is 5.75 Å². The van der Waals surface area contributed by atoms with Crippen molar-refractivity contribution in [3.8, 4) is 23.3 Å². The number of halogens is 4. The van der Waals surface area contributed by atoms with E-state index in [9.17, 15) is 33.3 Å². The lowest BCUT2D eigenvalue weighted by molar-refractivity contribution is -0.385. The molecular weight excluding hydrogens is 527 g/mol. The molecule has 0 saturated carbocycles. The Bertz CT molecular complexity index is 1420. The number of nitrogens with one attached hydrogen (secondary N) is 1. The molecular formula is C26H19ClF3N3O5. The van der Waals surface area contributed by atoms with Gasteiger partial charge in [-0.2, -0.15) is 18.4 Å². The minimum atomic E-state index is -4.79. The van der Waals surface area contributed by atoms with Crippen LogP contribution < -0.4 is 14.8 Å². The molecule has 0 heterocycles. The second kappa shape index (κ2) is 12.1. The van der Waals surface area contributed by atoms with Gasteiger partial charge in [0.05, 0.1) is 22.1 Å². The van der Waals surface area contributed by atoms with Crippen LogP contribution in [-0.2, 0) is 17.5 Å². The minimum absolute atomic E-state index is 0.0116. The lowest BCUT2D eigenvalue weighted by atomic mass is 10.1. The monoisotopic (exact) mass is 545 g/mol. The van der Waals surface area contributed by atoms with E-state index in [1.54, 1.807) is 6.92 Å². The number of carbonyl (C=O) groups excluding carboxylic acids is 1. The highest BCUT2D eigenvalue weighted by Gasteiger charge is 2.33. The summed E-state index contributed by atoms with van der Waals surface area (Å²) in [7, 11) is 0. The highest BCUT2D eigenvalue weighted by Crippen LogP contribution is 2.44. The van der Waals surface area contributed by atoms with Crippen LogP contribution >= 0.6 is 11.6 Å². The molecule has 38 heavy (non-hydrogen) atoms. The van der Waals surface area contributed by atoms with Gasteiger partial charge >= 0.3 is 11.9 Å². The number of nitriles is 1. The van der Waals surface area contributed by atoms with Gasteiger partial charge in [0.25, 0.3) is 5.91 Å². The van der Waals surface area contributed by atoms with Crippen molar-refractivity contribution in [3.05, 3.63) is 98.1 Å². The normalized spacial score (nSPS) is 11.4. The lowest BCUT2D eigenvalue weighted by Gasteiger charge is -2.15. The summed E-state index contributed by atoms with van der Waals surface area (Å²) in [6.07, 6.45) is -3.53. The summed E-state index contributed by atoms with van der Waals surface area (Å²) in [5, 5.41) is 23.4. The number of rotatable bonds is 9. The topological polar surface area (TPSA) is 114 Å². The molecule has 0 unspecified atom stereocenters. The second-order valence-electron chi connectivity index (χ2n) is 7.64. The van der Waals surface area contributed by atoms with Gasteiger partial charge in [0.1, 0.15) is 11.6 Å². The van der Waals surface area contributed by atoms with E-state index in [4.69, 9.17) is 21.1 Å². The van der Waals surface area contributed by atoms with Crippen LogP contribution in [-0.4, -0.2) is 17.4 Å². The first-order chi connectivity index (χ1) is 18.0. The van der Waals surface area contributed by atoms with Crippen molar-refractivity contribution in [2.24, 2.45) is 0 Å². The first-order valence-electron chi connectivity index (χ1n) is 11.0. The molecule has 1 N–H and O–H groups in total. The van der Waals surface area contributed by atoms with E-state index in [1.807, 2.05) is 36.4 Å². The number of hydrogen-bond donors (Lipinski definition) is 1. The fourth-order valence-corrected chi connectivity index (χ4v) is 3.51. The second-order valence-corrected chi connectivity index (χ2v) is 8.05. The maximum Gasteiger partial charge on any atom is 0.416 e. The van der Waals surface area contributed by atoms with Crippen LogP contribution in [0.3, 0.4) is 0 Å². The number of hydrogen-bond acceptors (Lipinski definition) is 6. The fourth-order valence-electron chi connectivity index (χ4n) is 3.25. The number of carbonyl (C=O) groups is 1. The van der Waals surface area contributed by atoms with E-state index in [1.165, 1.54) is 18.2 Å². The van der Waals surface area contributed by atoms with Gasteiger partial charge in [-0.1, -0.05) is 41.9 Å². The fraction of sp³-hybridized carbons (Fsp3) is 0.154. The number of ether oxygens (including phenoxy) is 2. The highest BCUT2D eigenvalue weighted by molar-refractivity contribution is 6.32. The number of amides is 1. The van der Waals surface area contributed by atoms with Gasteiger partial charge in [-0.25, -0.2) is 0 Å². The number of nitro groups is 1. The third-order valence-electron chi connectivity index (χ3n) is 5.00. The van der Waals surface area contributed by atoms with Crippen molar-refractivity contribution < 1.29 is 32.4 Å². The first kappa shape index (κ1) is 28.0. The van der Waals surface area contributed by atoms with Gasteiger partial charge in [-0.05, 0) is 48.4 Å². The van der Waals surface area contributed by atoms with Crippen molar-refractivity contribution in [2.75, 3.05) is 6.61 Å². The average molecular weight is 546 g/mol. The van der Waals surface area contributed by atoms with Gasteiger partial charge < -0.3 is 14.8 Å². The predicted molar refractivity (Wildman–Crippen MR) is 133 cm³/mol. The number of benzene rings is 3. The molecule has 12 heteroatoms. The highest BCUT2D eigenvalue weighted by atomic mass is 35.5. The van der Waals surface area contributed by atoms with Crippen molar-refractivity contribution in [1.82, 2.24) is 5.32 Å². The number of nitrogens with zero attached hydrogens (tertiary/aromatic N) is 2. The molecule has 3 aromatic rings. The Hall–Kier alpha value is -4.56. The first-order valence-corrected chi connectivity index (χ1v) is 11.3. The molecule has 0 radical (unpaired) electrons. The minimum Gasteiger partial charge on any atom is -0.490 e. The Balaban J connectivity index is 1.93. The van der Waals surface area contributed by atoms with E-state index in [2.05, 4.69) is 5.32 Å². The zero-order valence-electron chi connectivity index (χ0n) is 19.7. The van der Waals surface area contributed by atoms with E-state index < -0.39 is 34.0 Å². The van der Waals surface area contributed by atoms with Gasteiger partial charge in [-0.15, -0.1) is 0 Å². The summed E-state index contributed by atoms with van der Waals surface area (Å²) < 4.78 is 50.1. The van der Waals surface area contributed by atoms with Gasteiger partial charge in [0.15, 0.2) is 11.5 Å². The quantitative estimate of drug-likeness (QED) is 0.139. The smallest absolute Gasteiger partial charge is 0.416 e. The summed E-state index contributed by atoms with van der Waals surface area (Å²) in [6.45, 7) is 1.94. The van der Waals surface area contributed by atoms with Crippen LogP contribution in [0, 0.1) is 21.4 Å². The molecule has 3 rings (SSSR count). The lowest BCUT2D eigenvalue weighted by Crippen LogP contribution is -2.23. The molecule has 196 valence electrons. The zero-order chi connectivity index (χ0) is 27.9. The molecule has 0 saturated heterocycles. The van der Waals surface area contributed by atoms with E-state index in [-0.39, 0.29) is 40.8 Å². The maximum atomic E-state index is 13.0. The third kappa shape index (κ3) is 7.02. The molecule has 0 bridgehead atoms. The van der Waals surface area contributed by atoms with Crippen molar-refractivity contribution >= 4 is 29.3 Å². The summed E-state index contributed by atoms with van der Waals surface area (Å²) in [4.78, 5) is 22.9. The Morgan fingerprint density at radius 1 is 1.16 bits per heavy atom. The Morgan fingerprint density at radius 3 is 2.47 bits per heavy atom. The molecule has 0 aliphatic heterocycles. The van der Waals surface area contributed by atoms with E-state index >= 15 is 0 Å². The maximum absolute atomic E-state index is 13.0. The molecule has 0 fully saturated rings. The molecule has 0 aliphatic carbocycles. The number of alkyl halides is 3. The van der Waals surface area contributed by atoms with Crippen molar-refractivity contribution in [3.63, 3.8) is 0 Å². The van der Waals surface area contributed by atoms with Crippen LogP contribution in [0.15, 0.2) is 66.2 Å². The summed E-state index contributed by atoms with van der Waals surface area (Å²) in [6, 6.07) is 15.4. The van der Waals surface area contributed by atoms with E-state index in [0.717, 1.165) is 11.6 Å². The molecule has 0 spiro atoms. The molecule has 0 aliphatic rings. The van der Waals surface area contributed by atoms with Gasteiger partial charge in [0, 0.05) is 12.6 Å². The summed E-state index contributed by atoms with van der Waals surface area (Å²) in [5.74, 6) is -1.33. The van der Waals surface area contributed by atoms with Crippen molar-refractivity contribution in [1.29, 1.82) is 5.26 Å². The number of nitro benzene ring substituents is 1. The van der Waals surface area contributed by atoms with Crippen LogP contribution in [0.2, 0.25) is 5.02 Å². The molecule has 3 aromatic carbocycles. The van der Waals surface area contributed by atoms with Crippen LogP contribution in [0.25, 0.3) is 6.08 Å². The molecule has 0 atom stereocenters. The summed E-state index contributed by atoms with van der Waals surface area (Å²) >= 11 is 6.34. The Kier molecular flexibility index (Phi) is 8.94. The van der Waals surface area contributed by atoms with E-state index in [0.29, 0.717) is 12.1 Å². The summed E-state index contributed by atoms with van der Waals surface area (Å²) in [5.41, 5.74) is -1.27. The Morgan fingerprint density at radius 2 is 1.87 bits per heavy atom.